The zero-order chi connectivity index (χ0) is 11.7. The third-order valence-electron chi connectivity index (χ3n) is 3.68. The van der Waals surface area contributed by atoms with Crippen molar-refractivity contribution < 1.29 is 5.11 Å². The van der Waals surface area contributed by atoms with E-state index in [-0.39, 0.29) is 12.0 Å². The Labute approximate surface area is 99.8 Å². The first kappa shape index (κ1) is 10.5. The molecule has 1 aliphatic carbocycles. The Morgan fingerprint density at radius 3 is 2.65 bits per heavy atom. The molecule has 0 saturated heterocycles. The molecule has 1 fully saturated rings. The molecular weight excluding hydrogens is 214 g/mol. The summed E-state index contributed by atoms with van der Waals surface area (Å²) in [7, 11) is 0. The van der Waals surface area contributed by atoms with Crippen LogP contribution in [0.25, 0.3) is 11.3 Å². The Kier molecular flexibility index (Phi) is 2.44. The summed E-state index contributed by atoms with van der Waals surface area (Å²) in [5.41, 5.74) is 1.94. The molecule has 0 bridgehead atoms. The van der Waals surface area contributed by atoms with Gasteiger partial charge in [0.15, 0.2) is 0 Å². The van der Waals surface area contributed by atoms with Crippen molar-refractivity contribution in [1.29, 1.82) is 0 Å². The van der Waals surface area contributed by atoms with E-state index in [1.165, 1.54) is 6.42 Å². The minimum Gasteiger partial charge on any atom is -0.395 e. The molecule has 0 unspecified atom stereocenters. The van der Waals surface area contributed by atoms with Gasteiger partial charge in [-0.15, -0.1) is 0 Å². The second-order valence-electron chi connectivity index (χ2n) is 4.67. The molecule has 17 heavy (non-hydrogen) atoms. The van der Waals surface area contributed by atoms with Gasteiger partial charge in [0.25, 0.3) is 0 Å². The van der Waals surface area contributed by atoms with Crippen molar-refractivity contribution in [2.24, 2.45) is 0 Å². The largest absolute Gasteiger partial charge is 0.395 e. The van der Waals surface area contributed by atoms with Gasteiger partial charge < -0.3 is 10.1 Å². The van der Waals surface area contributed by atoms with Crippen LogP contribution in [0.2, 0.25) is 0 Å². The van der Waals surface area contributed by atoms with Gasteiger partial charge in [0.05, 0.1) is 23.9 Å². The average Bonchev–Trinajstić information content (AvgIpc) is 2.80. The lowest BCUT2D eigenvalue weighted by molar-refractivity contribution is 0.113. The summed E-state index contributed by atoms with van der Waals surface area (Å²) in [6, 6.07) is 3.90. The fraction of sp³-hybridized carbons (Fsp3) is 0.385. The van der Waals surface area contributed by atoms with Crippen LogP contribution in [0.4, 0.5) is 0 Å². The fourth-order valence-corrected chi connectivity index (χ4v) is 2.34. The molecule has 88 valence electrons. The first-order valence-electron chi connectivity index (χ1n) is 5.91. The van der Waals surface area contributed by atoms with Crippen LogP contribution >= 0.6 is 0 Å². The molecule has 4 nitrogen and oxygen atoms in total. The molecule has 1 saturated carbocycles. The molecule has 2 aromatic heterocycles. The summed E-state index contributed by atoms with van der Waals surface area (Å²) >= 11 is 0. The summed E-state index contributed by atoms with van der Waals surface area (Å²) in [5, 5.41) is 9.50. The predicted octanol–water partition coefficient (Wildman–Crippen LogP) is 1.89. The van der Waals surface area contributed by atoms with E-state index in [1.54, 1.807) is 12.4 Å². The third-order valence-corrected chi connectivity index (χ3v) is 3.68. The topological polar surface area (TPSA) is 61.8 Å². The predicted molar refractivity (Wildman–Crippen MR) is 64.4 cm³/mol. The standard InChI is InChI=1S/C13H15N3O/c17-9-13(4-1-5-13)12-15-8-11(16-12)10-2-6-14-7-3-10/h2-3,6-8,17H,1,4-5,9H2,(H,15,16). The quantitative estimate of drug-likeness (QED) is 0.844. The van der Waals surface area contributed by atoms with Gasteiger partial charge in [0.1, 0.15) is 5.82 Å². The monoisotopic (exact) mass is 229 g/mol. The van der Waals surface area contributed by atoms with Gasteiger partial charge in [-0.3, -0.25) is 4.98 Å². The van der Waals surface area contributed by atoms with Crippen LogP contribution in [0.15, 0.2) is 30.7 Å². The van der Waals surface area contributed by atoms with Gasteiger partial charge in [-0.25, -0.2) is 4.98 Å². The summed E-state index contributed by atoms with van der Waals surface area (Å²) in [6.07, 6.45) is 8.58. The van der Waals surface area contributed by atoms with E-state index in [9.17, 15) is 5.11 Å². The zero-order valence-corrected chi connectivity index (χ0v) is 9.56. The van der Waals surface area contributed by atoms with Crippen LogP contribution in [0.1, 0.15) is 25.1 Å². The van der Waals surface area contributed by atoms with Crippen LogP contribution in [0.3, 0.4) is 0 Å². The number of hydrogen-bond donors (Lipinski definition) is 2. The molecule has 0 aliphatic heterocycles. The number of H-pyrrole nitrogens is 1. The molecule has 0 radical (unpaired) electrons. The number of aromatic nitrogens is 3. The van der Waals surface area contributed by atoms with Crippen LogP contribution in [0.5, 0.6) is 0 Å². The molecule has 2 N–H and O–H groups in total. The fourth-order valence-electron chi connectivity index (χ4n) is 2.34. The van der Waals surface area contributed by atoms with Gasteiger partial charge in [0, 0.05) is 18.0 Å². The number of aliphatic hydroxyl groups excluding tert-OH is 1. The van der Waals surface area contributed by atoms with Gasteiger partial charge in [-0.1, -0.05) is 6.42 Å². The third kappa shape index (κ3) is 1.65. The first-order valence-corrected chi connectivity index (χ1v) is 5.91. The smallest absolute Gasteiger partial charge is 0.115 e. The molecule has 1 aliphatic rings. The van der Waals surface area contributed by atoms with Gasteiger partial charge in [-0.2, -0.15) is 0 Å². The van der Waals surface area contributed by atoms with Crippen molar-refractivity contribution in [3.05, 3.63) is 36.5 Å². The Balaban J connectivity index is 1.93. The minimum atomic E-state index is -0.120. The van der Waals surface area contributed by atoms with Gasteiger partial charge >= 0.3 is 0 Å². The normalized spacial score (nSPS) is 17.7. The van der Waals surface area contributed by atoms with Gasteiger partial charge in [-0.05, 0) is 25.0 Å². The first-order chi connectivity index (χ1) is 8.34. The van der Waals surface area contributed by atoms with Crippen molar-refractivity contribution in [3.63, 3.8) is 0 Å². The second-order valence-corrected chi connectivity index (χ2v) is 4.67. The van der Waals surface area contributed by atoms with Crippen molar-refractivity contribution in [2.45, 2.75) is 24.7 Å². The summed E-state index contributed by atoms with van der Waals surface area (Å²) in [4.78, 5) is 11.7. The second kappa shape index (κ2) is 3.96. The van der Waals surface area contributed by atoms with Crippen LogP contribution in [-0.2, 0) is 5.41 Å². The van der Waals surface area contributed by atoms with E-state index in [0.717, 1.165) is 29.9 Å². The van der Waals surface area contributed by atoms with E-state index < -0.39 is 0 Å². The highest BCUT2D eigenvalue weighted by molar-refractivity contribution is 5.57. The number of hydrogen-bond acceptors (Lipinski definition) is 3. The molecule has 2 aromatic rings. The van der Waals surface area contributed by atoms with Crippen molar-refractivity contribution >= 4 is 0 Å². The number of imidazole rings is 1. The van der Waals surface area contributed by atoms with E-state index >= 15 is 0 Å². The summed E-state index contributed by atoms with van der Waals surface area (Å²) < 4.78 is 0. The van der Waals surface area contributed by atoms with Gasteiger partial charge in [0.2, 0.25) is 0 Å². The lowest BCUT2D eigenvalue weighted by atomic mass is 9.69. The molecule has 0 amide bonds. The van der Waals surface area contributed by atoms with Crippen LogP contribution in [0, 0.1) is 0 Å². The number of nitrogens with zero attached hydrogens (tertiary/aromatic N) is 2. The average molecular weight is 229 g/mol. The highest BCUT2D eigenvalue weighted by atomic mass is 16.3. The SMILES string of the molecule is OCC1(c2ncc(-c3ccncc3)[nH]2)CCC1. The van der Waals surface area contributed by atoms with Crippen LogP contribution < -0.4 is 0 Å². The Morgan fingerprint density at radius 1 is 1.29 bits per heavy atom. The maximum absolute atomic E-state index is 9.50. The number of rotatable bonds is 3. The van der Waals surface area contributed by atoms with E-state index in [4.69, 9.17) is 0 Å². The highest BCUT2D eigenvalue weighted by Crippen LogP contribution is 2.42. The lowest BCUT2D eigenvalue weighted by Gasteiger charge is -2.38. The summed E-state index contributed by atoms with van der Waals surface area (Å²) in [6.45, 7) is 0.177. The number of aliphatic hydroxyl groups is 1. The van der Waals surface area contributed by atoms with Crippen molar-refractivity contribution in [2.75, 3.05) is 6.61 Å². The maximum Gasteiger partial charge on any atom is 0.115 e. The molecule has 0 atom stereocenters. The van der Waals surface area contributed by atoms with Crippen LogP contribution in [-0.4, -0.2) is 26.7 Å². The Morgan fingerprint density at radius 2 is 2.06 bits per heavy atom. The molecule has 4 heteroatoms. The molecule has 3 rings (SSSR count). The number of aromatic amines is 1. The molecular formula is C13H15N3O. The minimum absolute atomic E-state index is 0.120. The summed E-state index contributed by atoms with van der Waals surface area (Å²) in [5.74, 6) is 0.915. The molecule has 2 heterocycles. The van der Waals surface area contributed by atoms with E-state index in [2.05, 4.69) is 15.0 Å². The number of pyridine rings is 1. The maximum atomic E-state index is 9.50. The molecule has 0 aromatic carbocycles. The zero-order valence-electron chi connectivity index (χ0n) is 9.56. The highest BCUT2D eigenvalue weighted by Gasteiger charge is 2.40. The van der Waals surface area contributed by atoms with E-state index in [0.29, 0.717) is 0 Å². The van der Waals surface area contributed by atoms with E-state index in [1.807, 2.05) is 18.3 Å². The van der Waals surface area contributed by atoms with Crippen molar-refractivity contribution in [1.82, 2.24) is 15.0 Å². The van der Waals surface area contributed by atoms with Crippen molar-refractivity contribution in [3.8, 4) is 11.3 Å². The Bertz CT molecular complexity index is 497. The Hall–Kier alpha value is -1.68. The lowest BCUT2D eigenvalue weighted by Crippen LogP contribution is -2.39. The number of nitrogens with one attached hydrogen (secondary N) is 1. The molecule has 0 spiro atoms.